The van der Waals surface area contributed by atoms with Crippen LogP contribution in [-0.2, 0) is 0 Å². The number of nitrogens with one attached hydrogen (secondary N) is 1. The molecular weight excluding hydrogens is 234 g/mol. The summed E-state index contributed by atoms with van der Waals surface area (Å²) in [7, 11) is 2.21. The Kier molecular flexibility index (Phi) is 3.65. The van der Waals surface area contributed by atoms with Gasteiger partial charge in [0.1, 0.15) is 0 Å². The molecule has 0 bridgehead atoms. The Morgan fingerprint density at radius 2 is 2.26 bits per heavy atom. The van der Waals surface area contributed by atoms with E-state index in [-0.39, 0.29) is 0 Å². The first-order valence-electron chi connectivity index (χ1n) is 7.08. The summed E-state index contributed by atoms with van der Waals surface area (Å²) in [4.78, 5) is 6.91. The van der Waals surface area contributed by atoms with E-state index in [4.69, 9.17) is 0 Å². The molecule has 0 aliphatic carbocycles. The number of hydrogen-bond acceptors (Lipinski definition) is 3. The van der Waals surface area contributed by atoms with Gasteiger partial charge in [0.05, 0.1) is 17.4 Å². The number of piperidine rings is 1. The minimum absolute atomic E-state index is 0.755. The van der Waals surface area contributed by atoms with Crippen molar-refractivity contribution in [3.63, 3.8) is 0 Å². The van der Waals surface area contributed by atoms with E-state index in [9.17, 15) is 0 Å². The number of aromatic nitrogens is 1. The van der Waals surface area contributed by atoms with Crippen LogP contribution in [0.5, 0.6) is 0 Å². The SMILES string of the molecule is CN1CCCC(CNc2cnc3ccccc3c2)C1. The molecule has 0 saturated carbocycles. The molecule has 100 valence electrons. The standard InChI is InChI=1S/C16H21N3/c1-19-8-4-5-13(12-19)10-17-15-9-14-6-2-3-7-16(14)18-11-15/h2-3,6-7,9,11,13,17H,4-5,8,10,12H2,1H3. The molecule has 19 heavy (non-hydrogen) atoms. The number of hydrogen-bond donors (Lipinski definition) is 1. The van der Waals surface area contributed by atoms with Crippen molar-refractivity contribution in [3.05, 3.63) is 36.5 Å². The summed E-state index contributed by atoms with van der Waals surface area (Å²) in [5.41, 5.74) is 2.19. The summed E-state index contributed by atoms with van der Waals surface area (Å²) in [6.07, 6.45) is 4.59. The van der Waals surface area contributed by atoms with Gasteiger partial charge < -0.3 is 10.2 Å². The number of rotatable bonds is 3. The van der Waals surface area contributed by atoms with E-state index in [1.165, 1.54) is 31.3 Å². The third-order valence-corrected chi connectivity index (χ3v) is 3.91. The zero-order chi connectivity index (χ0) is 13.1. The van der Waals surface area contributed by atoms with Crippen LogP contribution in [0.3, 0.4) is 0 Å². The number of benzene rings is 1. The maximum absolute atomic E-state index is 4.49. The van der Waals surface area contributed by atoms with Gasteiger partial charge in [0.2, 0.25) is 0 Å². The molecule has 1 aromatic carbocycles. The predicted molar refractivity (Wildman–Crippen MR) is 80.5 cm³/mol. The molecule has 1 atom stereocenters. The van der Waals surface area contributed by atoms with Crippen molar-refractivity contribution in [2.45, 2.75) is 12.8 Å². The van der Waals surface area contributed by atoms with E-state index in [1.807, 2.05) is 12.3 Å². The Bertz CT molecular complexity index is 552. The largest absolute Gasteiger partial charge is 0.383 e. The normalized spacial score (nSPS) is 20.6. The lowest BCUT2D eigenvalue weighted by Gasteiger charge is -2.29. The predicted octanol–water partition coefficient (Wildman–Crippen LogP) is 2.99. The second kappa shape index (κ2) is 5.57. The summed E-state index contributed by atoms with van der Waals surface area (Å²) >= 11 is 0. The van der Waals surface area contributed by atoms with Crippen molar-refractivity contribution in [2.24, 2.45) is 5.92 Å². The van der Waals surface area contributed by atoms with Gasteiger partial charge in [-0.1, -0.05) is 18.2 Å². The minimum Gasteiger partial charge on any atom is -0.383 e. The van der Waals surface area contributed by atoms with Crippen molar-refractivity contribution < 1.29 is 0 Å². The quantitative estimate of drug-likeness (QED) is 0.914. The van der Waals surface area contributed by atoms with Gasteiger partial charge in [-0.2, -0.15) is 0 Å². The molecule has 0 spiro atoms. The first-order valence-corrected chi connectivity index (χ1v) is 7.08. The summed E-state index contributed by atoms with van der Waals surface area (Å²) in [5.74, 6) is 0.755. The van der Waals surface area contributed by atoms with Crippen molar-refractivity contribution in [1.82, 2.24) is 9.88 Å². The average Bonchev–Trinajstić information content (AvgIpc) is 2.45. The molecule has 1 aliphatic rings. The minimum atomic E-state index is 0.755. The van der Waals surface area contributed by atoms with Gasteiger partial charge in [-0.3, -0.25) is 4.98 Å². The molecule has 1 fully saturated rings. The zero-order valence-electron chi connectivity index (χ0n) is 11.5. The highest BCUT2D eigenvalue weighted by atomic mass is 15.1. The molecule has 0 amide bonds. The van der Waals surface area contributed by atoms with Gasteiger partial charge in [0.15, 0.2) is 0 Å². The highest BCUT2D eigenvalue weighted by molar-refractivity contribution is 5.81. The molecule has 1 aliphatic heterocycles. The van der Waals surface area contributed by atoms with Gasteiger partial charge in [-0.15, -0.1) is 0 Å². The lowest BCUT2D eigenvalue weighted by molar-refractivity contribution is 0.217. The van der Waals surface area contributed by atoms with Gasteiger partial charge in [-0.25, -0.2) is 0 Å². The molecule has 0 radical (unpaired) electrons. The van der Waals surface area contributed by atoms with Crippen molar-refractivity contribution in [2.75, 3.05) is 32.0 Å². The van der Waals surface area contributed by atoms with E-state index in [2.05, 4.69) is 46.5 Å². The maximum atomic E-state index is 4.49. The van der Waals surface area contributed by atoms with Crippen LogP contribution in [0.25, 0.3) is 10.9 Å². The Hall–Kier alpha value is -1.61. The van der Waals surface area contributed by atoms with Crippen LogP contribution in [0, 0.1) is 5.92 Å². The number of para-hydroxylation sites is 1. The zero-order valence-corrected chi connectivity index (χ0v) is 11.5. The Morgan fingerprint density at radius 1 is 1.37 bits per heavy atom. The monoisotopic (exact) mass is 255 g/mol. The molecule has 3 nitrogen and oxygen atoms in total. The van der Waals surface area contributed by atoms with Crippen molar-refractivity contribution in [3.8, 4) is 0 Å². The number of anilines is 1. The Balaban J connectivity index is 1.64. The van der Waals surface area contributed by atoms with E-state index in [0.29, 0.717) is 0 Å². The number of likely N-dealkylation sites (tertiary alicyclic amines) is 1. The molecular formula is C16H21N3. The molecule has 3 rings (SSSR count). The fourth-order valence-electron chi connectivity index (χ4n) is 2.87. The highest BCUT2D eigenvalue weighted by Crippen LogP contribution is 2.19. The number of pyridine rings is 1. The third kappa shape index (κ3) is 3.04. The van der Waals surface area contributed by atoms with Gasteiger partial charge in [0, 0.05) is 18.5 Å². The molecule has 2 heterocycles. The number of fused-ring (bicyclic) bond motifs is 1. The van der Waals surface area contributed by atoms with Crippen LogP contribution in [0.4, 0.5) is 5.69 Å². The fourth-order valence-corrected chi connectivity index (χ4v) is 2.87. The van der Waals surface area contributed by atoms with E-state index < -0.39 is 0 Å². The molecule has 3 heteroatoms. The molecule has 1 N–H and O–H groups in total. The lowest BCUT2D eigenvalue weighted by Crippen LogP contribution is -2.35. The molecule has 1 saturated heterocycles. The molecule has 2 aromatic rings. The lowest BCUT2D eigenvalue weighted by atomic mass is 9.98. The van der Waals surface area contributed by atoms with Crippen LogP contribution < -0.4 is 5.32 Å². The third-order valence-electron chi connectivity index (χ3n) is 3.91. The fraction of sp³-hybridized carbons (Fsp3) is 0.438. The van der Waals surface area contributed by atoms with Crippen LogP contribution in [0.2, 0.25) is 0 Å². The summed E-state index contributed by atoms with van der Waals surface area (Å²) < 4.78 is 0. The maximum Gasteiger partial charge on any atom is 0.0703 e. The smallest absolute Gasteiger partial charge is 0.0703 e. The Labute approximate surface area is 114 Å². The van der Waals surface area contributed by atoms with Gasteiger partial charge in [0.25, 0.3) is 0 Å². The van der Waals surface area contributed by atoms with Crippen molar-refractivity contribution >= 4 is 16.6 Å². The first-order chi connectivity index (χ1) is 9.31. The average molecular weight is 255 g/mol. The molecule has 1 aromatic heterocycles. The summed E-state index contributed by atoms with van der Waals surface area (Å²) in [5, 5.41) is 4.74. The van der Waals surface area contributed by atoms with Gasteiger partial charge in [-0.05, 0) is 44.5 Å². The highest BCUT2D eigenvalue weighted by Gasteiger charge is 2.16. The Morgan fingerprint density at radius 3 is 3.16 bits per heavy atom. The molecule has 1 unspecified atom stereocenters. The van der Waals surface area contributed by atoms with Crippen molar-refractivity contribution in [1.29, 1.82) is 0 Å². The van der Waals surface area contributed by atoms with Crippen LogP contribution in [0.1, 0.15) is 12.8 Å². The van der Waals surface area contributed by atoms with Crippen LogP contribution in [0.15, 0.2) is 36.5 Å². The second-order valence-corrected chi connectivity index (χ2v) is 5.57. The van der Waals surface area contributed by atoms with E-state index in [0.717, 1.165) is 23.7 Å². The van der Waals surface area contributed by atoms with Gasteiger partial charge >= 0.3 is 0 Å². The second-order valence-electron chi connectivity index (χ2n) is 5.57. The van der Waals surface area contributed by atoms with E-state index >= 15 is 0 Å². The topological polar surface area (TPSA) is 28.2 Å². The summed E-state index contributed by atoms with van der Waals surface area (Å²) in [6.45, 7) is 3.49. The van der Waals surface area contributed by atoms with Crippen LogP contribution >= 0.6 is 0 Å². The van der Waals surface area contributed by atoms with Crippen LogP contribution in [-0.4, -0.2) is 36.6 Å². The number of nitrogens with zero attached hydrogens (tertiary/aromatic N) is 2. The first kappa shape index (κ1) is 12.4. The van der Waals surface area contributed by atoms with E-state index in [1.54, 1.807) is 0 Å². The summed E-state index contributed by atoms with van der Waals surface area (Å²) in [6, 6.07) is 10.4.